The molecule has 76 valence electrons. The number of nitrogens with zero attached hydrogens (tertiary/aromatic N) is 1. The molecule has 0 aromatic heterocycles. The number of carbonyl (C=O) groups is 2. The summed E-state index contributed by atoms with van der Waals surface area (Å²) in [6, 6.07) is 0. The van der Waals surface area contributed by atoms with E-state index in [1.54, 1.807) is 14.0 Å². The molecular formula is C9H17NO3. The minimum absolute atomic E-state index is 0.225. The summed E-state index contributed by atoms with van der Waals surface area (Å²) in [5, 5.41) is 0. The van der Waals surface area contributed by atoms with Crippen molar-refractivity contribution in [3.63, 3.8) is 0 Å². The van der Waals surface area contributed by atoms with Crippen LogP contribution in [-0.4, -0.2) is 36.0 Å². The molecule has 0 saturated carbocycles. The van der Waals surface area contributed by atoms with Gasteiger partial charge in [0.2, 0.25) is 0 Å². The Morgan fingerprint density at radius 2 is 1.77 bits per heavy atom. The summed E-state index contributed by atoms with van der Waals surface area (Å²) in [7, 11) is 1.58. The average Bonchev–Trinajstić information content (AvgIpc) is 2.00. The summed E-state index contributed by atoms with van der Waals surface area (Å²) >= 11 is 0. The van der Waals surface area contributed by atoms with Crippen LogP contribution in [0.15, 0.2) is 0 Å². The summed E-state index contributed by atoms with van der Waals surface area (Å²) in [6.45, 7) is 7.45. The van der Waals surface area contributed by atoms with Crippen molar-refractivity contribution < 1.29 is 14.3 Å². The maximum atomic E-state index is 11.3. The Hall–Kier alpha value is -1.06. The number of esters is 1. The third kappa shape index (κ3) is 3.44. The zero-order valence-electron chi connectivity index (χ0n) is 8.88. The highest BCUT2D eigenvalue weighted by atomic mass is 16.5. The van der Waals surface area contributed by atoms with Gasteiger partial charge in [-0.3, -0.25) is 4.79 Å². The van der Waals surface area contributed by atoms with Crippen molar-refractivity contribution in [3.8, 4) is 0 Å². The van der Waals surface area contributed by atoms with Gasteiger partial charge in [0.15, 0.2) is 0 Å². The van der Waals surface area contributed by atoms with E-state index < -0.39 is 11.9 Å². The maximum absolute atomic E-state index is 11.3. The second kappa shape index (κ2) is 4.25. The van der Waals surface area contributed by atoms with E-state index in [0.29, 0.717) is 0 Å². The molecule has 1 amide bonds. The molecule has 0 aliphatic carbocycles. The zero-order chi connectivity index (χ0) is 10.6. The van der Waals surface area contributed by atoms with Crippen molar-refractivity contribution in [1.82, 2.24) is 4.90 Å². The molecule has 0 aliphatic rings. The summed E-state index contributed by atoms with van der Waals surface area (Å²) in [6.07, 6.45) is 0. The van der Waals surface area contributed by atoms with Crippen molar-refractivity contribution in [2.24, 2.45) is 0 Å². The van der Waals surface area contributed by atoms with Crippen molar-refractivity contribution in [3.05, 3.63) is 0 Å². The van der Waals surface area contributed by atoms with Crippen LogP contribution in [0.25, 0.3) is 0 Å². The van der Waals surface area contributed by atoms with E-state index in [-0.39, 0.29) is 12.1 Å². The summed E-state index contributed by atoms with van der Waals surface area (Å²) in [5.74, 6) is -1.39. The molecule has 0 bridgehead atoms. The van der Waals surface area contributed by atoms with Crippen LogP contribution >= 0.6 is 0 Å². The zero-order valence-corrected chi connectivity index (χ0v) is 8.88. The van der Waals surface area contributed by atoms with Gasteiger partial charge in [0.05, 0.1) is 6.61 Å². The molecule has 0 rings (SSSR count). The Labute approximate surface area is 78.9 Å². The van der Waals surface area contributed by atoms with Crippen LogP contribution in [0.2, 0.25) is 0 Å². The van der Waals surface area contributed by atoms with Crippen molar-refractivity contribution in [1.29, 1.82) is 0 Å². The van der Waals surface area contributed by atoms with Crippen molar-refractivity contribution >= 4 is 11.9 Å². The van der Waals surface area contributed by atoms with E-state index >= 15 is 0 Å². The molecule has 0 unspecified atom stereocenters. The fourth-order valence-electron chi connectivity index (χ4n) is 0.634. The second-order valence-electron chi connectivity index (χ2n) is 3.76. The average molecular weight is 187 g/mol. The first-order valence-corrected chi connectivity index (χ1v) is 4.25. The number of likely N-dealkylation sites (N-methyl/N-ethyl adjacent to an activating group) is 1. The molecule has 4 nitrogen and oxygen atoms in total. The van der Waals surface area contributed by atoms with Gasteiger partial charge in [-0.1, -0.05) is 0 Å². The number of ether oxygens (including phenoxy) is 1. The molecule has 0 heterocycles. The first kappa shape index (κ1) is 11.9. The van der Waals surface area contributed by atoms with Gasteiger partial charge in [0.1, 0.15) is 0 Å². The summed E-state index contributed by atoms with van der Waals surface area (Å²) < 4.78 is 4.59. The molecule has 0 saturated heterocycles. The Morgan fingerprint density at radius 1 is 1.31 bits per heavy atom. The molecule has 0 radical (unpaired) electrons. The Morgan fingerprint density at radius 3 is 2.08 bits per heavy atom. The third-order valence-corrected chi connectivity index (χ3v) is 1.76. The molecular weight excluding hydrogens is 170 g/mol. The highest BCUT2D eigenvalue weighted by molar-refractivity contribution is 6.32. The van der Waals surface area contributed by atoms with E-state index in [4.69, 9.17) is 0 Å². The van der Waals surface area contributed by atoms with E-state index in [1.807, 2.05) is 20.8 Å². The van der Waals surface area contributed by atoms with E-state index in [1.165, 1.54) is 4.90 Å². The predicted molar refractivity (Wildman–Crippen MR) is 49.2 cm³/mol. The fraction of sp³-hybridized carbons (Fsp3) is 0.778. The van der Waals surface area contributed by atoms with Crippen molar-refractivity contribution in [2.45, 2.75) is 33.2 Å². The van der Waals surface area contributed by atoms with Gasteiger partial charge in [-0.25, -0.2) is 4.79 Å². The molecule has 0 atom stereocenters. The Bertz CT molecular complexity index is 205. The normalized spacial score (nSPS) is 10.8. The first-order valence-electron chi connectivity index (χ1n) is 4.25. The number of hydrogen-bond acceptors (Lipinski definition) is 3. The second-order valence-corrected chi connectivity index (χ2v) is 3.76. The van der Waals surface area contributed by atoms with Crippen LogP contribution in [0.3, 0.4) is 0 Å². The number of rotatable bonds is 1. The van der Waals surface area contributed by atoms with Gasteiger partial charge in [0, 0.05) is 12.6 Å². The number of amides is 1. The standard InChI is InChI=1S/C9H17NO3/c1-6-13-8(12)7(11)10(5)9(2,3)4/h6H2,1-5H3. The molecule has 0 fully saturated rings. The third-order valence-electron chi connectivity index (χ3n) is 1.76. The van der Waals surface area contributed by atoms with E-state index in [0.717, 1.165) is 0 Å². The molecule has 0 aromatic rings. The highest BCUT2D eigenvalue weighted by Gasteiger charge is 2.28. The van der Waals surface area contributed by atoms with E-state index in [9.17, 15) is 9.59 Å². The van der Waals surface area contributed by atoms with Gasteiger partial charge in [-0.2, -0.15) is 0 Å². The van der Waals surface area contributed by atoms with Crippen LogP contribution in [0.4, 0.5) is 0 Å². The van der Waals surface area contributed by atoms with Crippen LogP contribution in [0.1, 0.15) is 27.7 Å². The Balaban J connectivity index is 4.35. The molecule has 4 heteroatoms. The molecule has 13 heavy (non-hydrogen) atoms. The molecule has 0 N–H and O–H groups in total. The van der Waals surface area contributed by atoms with Crippen LogP contribution in [0.5, 0.6) is 0 Å². The monoisotopic (exact) mass is 187 g/mol. The lowest BCUT2D eigenvalue weighted by Gasteiger charge is -2.30. The summed E-state index contributed by atoms with van der Waals surface area (Å²) in [5.41, 5.74) is -0.357. The van der Waals surface area contributed by atoms with Gasteiger partial charge >= 0.3 is 11.9 Å². The summed E-state index contributed by atoms with van der Waals surface area (Å²) in [4.78, 5) is 23.7. The highest BCUT2D eigenvalue weighted by Crippen LogP contribution is 2.10. The lowest BCUT2D eigenvalue weighted by Crippen LogP contribution is -2.46. The number of hydrogen-bond donors (Lipinski definition) is 0. The fourth-order valence-corrected chi connectivity index (χ4v) is 0.634. The first-order chi connectivity index (χ1) is 5.80. The van der Waals surface area contributed by atoms with Gasteiger partial charge in [-0.05, 0) is 27.7 Å². The van der Waals surface area contributed by atoms with Crippen LogP contribution in [-0.2, 0) is 14.3 Å². The largest absolute Gasteiger partial charge is 0.459 e. The smallest absolute Gasteiger partial charge is 0.397 e. The lowest BCUT2D eigenvalue weighted by atomic mass is 10.1. The number of carbonyl (C=O) groups excluding carboxylic acids is 2. The minimum Gasteiger partial charge on any atom is -0.459 e. The predicted octanol–water partition coefficient (Wildman–Crippen LogP) is 0.806. The van der Waals surface area contributed by atoms with E-state index in [2.05, 4.69) is 4.74 Å². The maximum Gasteiger partial charge on any atom is 0.397 e. The van der Waals surface area contributed by atoms with Crippen molar-refractivity contribution in [2.75, 3.05) is 13.7 Å². The molecule has 0 spiro atoms. The molecule has 0 aliphatic heterocycles. The van der Waals surface area contributed by atoms with Gasteiger partial charge < -0.3 is 9.64 Å². The Kier molecular flexibility index (Phi) is 3.91. The SMILES string of the molecule is CCOC(=O)C(=O)N(C)C(C)(C)C. The quantitative estimate of drug-likeness (QED) is 0.450. The van der Waals surface area contributed by atoms with Crippen LogP contribution < -0.4 is 0 Å². The van der Waals surface area contributed by atoms with Gasteiger partial charge in [0.25, 0.3) is 0 Å². The lowest BCUT2D eigenvalue weighted by molar-refractivity contribution is -0.161. The topological polar surface area (TPSA) is 46.6 Å². The minimum atomic E-state index is -0.792. The van der Waals surface area contributed by atoms with Crippen LogP contribution in [0, 0.1) is 0 Å². The molecule has 0 aromatic carbocycles. The van der Waals surface area contributed by atoms with Gasteiger partial charge in [-0.15, -0.1) is 0 Å².